The Balaban J connectivity index is 1.91. The first-order chi connectivity index (χ1) is 11.3. The van der Waals surface area contributed by atoms with Crippen molar-refractivity contribution < 1.29 is 22.1 Å². The summed E-state index contributed by atoms with van der Waals surface area (Å²) in [4.78, 5) is 4.08. The molecule has 0 radical (unpaired) electrons. The fourth-order valence-electron chi connectivity index (χ4n) is 2.20. The van der Waals surface area contributed by atoms with Gasteiger partial charge in [-0.2, -0.15) is 23.3 Å². The van der Waals surface area contributed by atoms with Gasteiger partial charge in [0, 0.05) is 18.8 Å². The molecule has 0 saturated carbocycles. The smallest absolute Gasteiger partial charge is 0.338 e. The lowest BCUT2D eigenvalue weighted by Crippen LogP contribution is -2.05. The van der Waals surface area contributed by atoms with Crippen molar-refractivity contribution in [3.05, 3.63) is 53.4 Å². The predicted octanol–water partition coefficient (Wildman–Crippen LogP) is 3.78. The highest BCUT2D eigenvalue weighted by Crippen LogP contribution is 2.32. The zero-order valence-corrected chi connectivity index (χ0v) is 12.7. The first kappa shape index (κ1) is 16.2. The third kappa shape index (κ3) is 3.01. The number of alkyl halides is 3. The Bertz CT molecular complexity index is 868. The number of rotatable bonds is 3. The molecule has 0 bridgehead atoms. The van der Waals surface area contributed by atoms with E-state index in [0.29, 0.717) is 6.07 Å². The number of halogens is 4. The molecular formula is C15H12F4N4O. The van der Waals surface area contributed by atoms with Gasteiger partial charge in [-0.25, -0.2) is 4.39 Å². The van der Waals surface area contributed by atoms with E-state index >= 15 is 0 Å². The van der Waals surface area contributed by atoms with Crippen molar-refractivity contribution in [3.8, 4) is 11.4 Å². The summed E-state index contributed by atoms with van der Waals surface area (Å²) in [7, 11) is 1.76. The lowest BCUT2D eigenvalue weighted by molar-refractivity contribution is -0.137. The lowest BCUT2D eigenvalue weighted by Gasteiger charge is -2.07. The van der Waals surface area contributed by atoms with Gasteiger partial charge < -0.3 is 4.52 Å². The molecule has 3 aromatic rings. The van der Waals surface area contributed by atoms with Crippen molar-refractivity contribution >= 4 is 0 Å². The van der Waals surface area contributed by atoms with Crippen LogP contribution in [0.4, 0.5) is 17.6 Å². The highest BCUT2D eigenvalue weighted by Gasteiger charge is 2.31. The predicted molar refractivity (Wildman–Crippen MR) is 75.4 cm³/mol. The Kier molecular flexibility index (Phi) is 3.86. The lowest BCUT2D eigenvalue weighted by atomic mass is 10.1. The minimum Gasteiger partial charge on any atom is -0.338 e. The number of aromatic nitrogens is 4. The number of hydrogen-bond donors (Lipinski definition) is 0. The van der Waals surface area contributed by atoms with Gasteiger partial charge in [0.15, 0.2) is 0 Å². The largest absolute Gasteiger partial charge is 0.416 e. The Hall–Kier alpha value is -2.71. The van der Waals surface area contributed by atoms with Gasteiger partial charge in [-0.1, -0.05) is 5.16 Å². The maximum absolute atomic E-state index is 14.0. The summed E-state index contributed by atoms with van der Waals surface area (Å²) >= 11 is 0. The third-order valence-corrected chi connectivity index (χ3v) is 3.57. The van der Waals surface area contributed by atoms with Crippen LogP contribution in [0.3, 0.4) is 0 Å². The zero-order valence-electron chi connectivity index (χ0n) is 12.7. The molecule has 5 nitrogen and oxygen atoms in total. The van der Waals surface area contributed by atoms with Gasteiger partial charge in [-0.15, -0.1) is 0 Å². The summed E-state index contributed by atoms with van der Waals surface area (Å²) in [5.41, 5.74) is -0.409. The molecule has 126 valence electrons. The topological polar surface area (TPSA) is 56.7 Å². The molecule has 0 amide bonds. The second kappa shape index (κ2) is 5.73. The van der Waals surface area contributed by atoms with E-state index in [2.05, 4.69) is 15.2 Å². The van der Waals surface area contributed by atoms with Crippen molar-refractivity contribution in [2.45, 2.75) is 19.0 Å². The average Bonchev–Trinajstić information content (AvgIpc) is 3.14. The molecule has 24 heavy (non-hydrogen) atoms. The minimum absolute atomic E-state index is 0.105. The minimum atomic E-state index is -4.61. The van der Waals surface area contributed by atoms with Crippen molar-refractivity contribution in [2.75, 3.05) is 0 Å². The van der Waals surface area contributed by atoms with Gasteiger partial charge in [0.2, 0.25) is 11.7 Å². The molecule has 0 aliphatic heterocycles. The normalized spacial score (nSPS) is 13.2. The van der Waals surface area contributed by atoms with E-state index < -0.39 is 17.6 Å². The number of benzene rings is 1. The average molecular weight is 340 g/mol. The van der Waals surface area contributed by atoms with Crippen LogP contribution in [0.25, 0.3) is 11.4 Å². The van der Waals surface area contributed by atoms with Crippen molar-refractivity contribution in [1.82, 2.24) is 19.9 Å². The van der Waals surface area contributed by atoms with E-state index in [-0.39, 0.29) is 23.2 Å². The van der Waals surface area contributed by atoms with Gasteiger partial charge >= 0.3 is 6.18 Å². The van der Waals surface area contributed by atoms with Gasteiger partial charge in [0.05, 0.1) is 23.2 Å². The Morgan fingerprint density at radius 1 is 1.25 bits per heavy atom. The SMILES string of the molecule is CC(c1cnn(C)c1)c1nc(-c2ccc(C(F)(F)F)cc2F)no1. The molecule has 1 aromatic carbocycles. The van der Waals surface area contributed by atoms with Gasteiger partial charge in [-0.05, 0) is 25.1 Å². The number of hydrogen-bond acceptors (Lipinski definition) is 4. The van der Waals surface area contributed by atoms with Gasteiger partial charge in [-0.3, -0.25) is 4.68 Å². The Labute approximate surface area is 133 Å². The highest BCUT2D eigenvalue weighted by molar-refractivity contribution is 5.56. The molecule has 1 atom stereocenters. The molecular weight excluding hydrogens is 328 g/mol. The third-order valence-electron chi connectivity index (χ3n) is 3.57. The summed E-state index contributed by atoms with van der Waals surface area (Å²) < 4.78 is 58.4. The molecule has 2 heterocycles. The number of nitrogens with zero attached hydrogens (tertiary/aromatic N) is 4. The quantitative estimate of drug-likeness (QED) is 0.681. The highest BCUT2D eigenvalue weighted by atomic mass is 19.4. The van der Waals surface area contributed by atoms with Crippen LogP contribution in [-0.2, 0) is 13.2 Å². The second-order valence-electron chi connectivity index (χ2n) is 5.32. The first-order valence-corrected chi connectivity index (χ1v) is 6.95. The summed E-state index contributed by atoms with van der Waals surface area (Å²) in [6.07, 6.45) is -1.21. The molecule has 0 aliphatic rings. The van der Waals surface area contributed by atoms with Crippen LogP contribution in [0.5, 0.6) is 0 Å². The van der Waals surface area contributed by atoms with Crippen LogP contribution in [-0.4, -0.2) is 19.9 Å². The molecule has 1 unspecified atom stereocenters. The Morgan fingerprint density at radius 2 is 2.00 bits per heavy atom. The molecule has 0 aliphatic carbocycles. The fraction of sp³-hybridized carbons (Fsp3) is 0.267. The van der Waals surface area contributed by atoms with E-state index in [1.165, 1.54) is 0 Å². The summed E-state index contributed by atoms with van der Waals surface area (Å²) in [6.45, 7) is 1.80. The van der Waals surface area contributed by atoms with Crippen molar-refractivity contribution in [3.63, 3.8) is 0 Å². The molecule has 2 aromatic heterocycles. The second-order valence-corrected chi connectivity index (χ2v) is 5.32. The molecule has 9 heteroatoms. The van der Waals surface area contributed by atoms with Crippen LogP contribution in [0.1, 0.15) is 29.9 Å². The van der Waals surface area contributed by atoms with Crippen LogP contribution < -0.4 is 0 Å². The zero-order chi connectivity index (χ0) is 17.5. The van der Waals surface area contributed by atoms with E-state index in [1.54, 1.807) is 31.0 Å². The maximum atomic E-state index is 14.0. The number of aryl methyl sites for hydroxylation is 1. The molecule has 0 spiro atoms. The molecule has 0 N–H and O–H groups in total. The maximum Gasteiger partial charge on any atom is 0.416 e. The van der Waals surface area contributed by atoms with E-state index in [4.69, 9.17) is 4.52 Å². The van der Waals surface area contributed by atoms with E-state index in [1.807, 2.05) is 0 Å². The standard InChI is InChI=1S/C15H12F4N4O/c1-8(9-6-20-23(2)7-9)14-21-13(22-24-14)11-4-3-10(5-12(11)16)15(17,18)19/h3-8H,1-2H3. The summed E-state index contributed by atoms with van der Waals surface area (Å²) in [5.74, 6) is -1.23. The monoisotopic (exact) mass is 340 g/mol. The Morgan fingerprint density at radius 3 is 2.58 bits per heavy atom. The first-order valence-electron chi connectivity index (χ1n) is 6.95. The van der Waals surface area contributed by atoms with Crippen molar-refractivity contribution in [1.29, 1.82) is 0 Å². The summed E-state index contributed by atoms with van der Waals surface area (Å²) in [5, 5.41) is 7.69. The van der Waals surface area contributed by atoms with E-state index in [0.717, 1.165) is 17.7 Å². The van der Waals surface area contributed by atoms with Gasteiger partial charge in [0.25, 0.3) is 0 Å². The summed E-state index contributed by atoms with van der Waals surface area (Å²) in [6, 6.07) is 2.18. The fourth-order valence-corrected chi connectivity index (χ4v) is 2.20. The molecule has 3 rings (SSSR count). The van der Waals surface area contributed by atoms with E-state index in [9.17, 15) is 17.6 Å². The van der Waals surface area contributed by atoms with Crippen LogP contribution in [0.2, 0.25) is 0 Å². The van der Waals surface area contributed by atoms with Crippen molar-refractivity contribution in [2.24, 2.45) is 7.05 Å². The van der Waals surface area contributed by atoms with Crippen LogP contribution >= 0.6 is 0 Å². The van der Waals surface area contributed by atoms with Crippen LogP contribution in [0.15, 0.2) is 35.1 Å². The van der Waals surface area contributed by atoms with Gasteiger partial charge in [0.1, 0.15) is 5.82 Å². The molecule has 0 fully saturated rings. The van der Waals surface area contributed by atoms with Crippen LogP contribution in [0, 0.1) is 5.82 Å². The molecule has 0 saturated heterocycles.